The summed E-state index contributed by atoms with van der Waals surface area (Å²) in [5, 5.41) is 3.97. The average Bonchev–Trinajstić information content (AvgIpc) is 2.75. The molecule has 5 heteroatoms. The lowest BCUT2D eigenvalue weighted by molar-refractivity contribution is 0.213. The molecule has 0 aromatic heterocycles. The molecule has 2 aromatic rings. The molecule has 0 amide bonds. The number of benzene rings is 2. The highest BCUT2D eigenvalue weighted by atomic mass is 16.6. The third kappa shape index (κ3) is 8.00. The predicted octanol–water partition coefficient (Wildman–Crippen LogP) is 6.11. The summed E-state index contributed by atoms with van der Waals surface area (Å²) >= 11 is 0. The normalized spacial score (nSPS) is 12.6. The Bertz CT molecular complexity index is 866. The van der Waals surface area contributed by atoms with Crippen molar-refractivity contribution < 1.29 is 19.0 Å². The lowest BCUT2D eigenvalue weighted by atomic mass is 10.1. The summed E-state index contributed by atoms with van der Waals surface area (Å²) in [7, 11) is 1.55. The standard InChI is InChI=1S/C26H35NO4/c1-7-8-13-29-25-15-20(3)26(21(4)16-25)30-14-12-19(2)18-31-24-11-9-10-23(17-24)22(5)27-28-6/h7-11,15-17,19H,12-14,18H2,1-6H3/b8-7+,27-22-. The fourth-order valence-electron chi connectivity index (χ4n) is 3.15. The average molecular weight is 426 g/mol. The molecular weight excluding hydrogens is 390 g/mol. The van der Waals surface area contributed by atoms with E-state index in [9.17, 15) is 0 Å². The number of allylic oxidation sites excluding steroid dienone is 1. The highest BCUT2D eigenvalue weighted by molar-refractivity contribution is 5.98. The van der Waals surface area contributed by atoms with Crippen LogP contribution in [0.2, 0.25) is 0 Å². The van der Waals surface area contributed by atoms with Crippen LogP contribution in [-0.4, -0.2) is 32.6 Å². The molecule has 2 rings (SSSR count). The third-order valence-electron chi connectivity index (χ3n) is 4.89. The molecule has 0 saturated heterocycles. The zero-order chi connectivity index (χ0) is 22.6. The van der Waals surface area contributed by atoms with Crippen LogP contribution in [0.3, 0.4) is 0 Å². The number of ether oxygens (including phenoxy) is 3. The number of oxime groups is 1. The lowest BCUT2D eigenvalue weighted by Crippen LogP contribution is -2.13. The van der Waals surface area contributed by atoms with Crippen LogP contribution < -0.4 is 14.2 Å². The van der Waals surface area contributed by atoms with Crippen LogP contribution >= 0.6 is 0 Å². The van der Waals surface area contributed by atoms with Gasteiger partial charge in [-0.25, -0.2) is 0 Å². The monoisotopic (exact) mass is 425 g/mol. The van der Waals surface area contributed by atoms with E-state index in [-0.39, 0.29) is 0 Å². The Morgan fingerprint density at radius 2 is 1.77 bits per heavy atom. The van der Waals surface area contributed by atoms with Gasteiger partial charge in [0.05, 0.1) is 18.9 Å². The number of rotatable bonds is 12. The molecule has 0 bridgehead atoms. The molecule has 0 spiro atoms. The minimum Gasteiger partial charge on any atom is -0.493 e. The maximum atomic E-state index is 6.09. The molecule has 5 nitrogen and oxygen atoms in total. The van der Waals surface area contributed by atoms with Crippen LogP contribution in [-0.2, 0) is 4.84 Å². The van der Waals surface area contributed by atoms with E-state index in [0.29, 0.717) is 25.7 Å². The Balaban J connectivity index is 1.82. The van der Waals surface area contributed by atoms with Gasteiger partial charge in [-0.15, -0.1) is 0 Å². The van der Waals surface area contributed by atoms with Gasteiger partial charge < -0.3 is 19.0 Å². The Morgan fingerprint density at radius 1 is 1.03 bits per heavy atom. The quantitative estimate of drug-likeness (QED) is 0.234. The summed E-state index contributed by atoms with van der Waals surface area (Å²) in [6.45, 7) is 12.0. The van der Waals surface area contributed by atoms with Crippen LogP contribution in [0.5, 0.6) is 17.2 Å². The van der Waals surface area contributed by atoms with E-state index in [4.69, 9.17) is 19.0 Å². The fourth-order valence-corrected chi connectivity index (χ4v) is 3.15. The Morgan fingerprint density at radius 3 is 2.45 bits per heavy atom. The van der Waals surface area contributed by atoms with Gasteiger partial charge in [0.2, 0.25) is 0 Å². The van der Waals surface area contributed by atoms with E-state index in [1.807, 2.05) is 62.4 Å². The first-order valence-electron chi connectivity index (χ1n) is 10.7. The molecule has 0 saturated carbocycles. The highest BCUT2D eigenvalue weighted by Crippen LogP contribution is 2.29. The van der Waals surface area contributed by atoms with E-state index < -0.39 is 0 Å². The highest BCUT2D eigenvalue weighted by Gasteiger charge is 2.10. The van der Waals surface area contributed by atoms with Crippen molar-refractivity contribution in [2.24, 2.45) is 11.1 Å². The van der Waals surface area contributed by atoms with Crippen LogP contribution in [0.1, 0.15) is 43.9 Å². The third-order valence-corrected chi connectivity index (χ3v) is 4.89. The van der Waals surface area contributed by atoms with Crippen LogP contribution in [0.15, 0.2) is 53.7 Å². The molecule has 0 aliphatic rings. The number of hydrogen-bond donors (Lipinski definition) is 0. The van der Waals surface area contributed by atoms with Gasteiger partial charge in [-0.3, -0.25) is 0 Å². The summed E-state index contributed by atoms with van der Waals surface area (Å²) in [6.07, 6.45) is 4.88. The van der Waals surface area contributed by atoms with E-state index in [1.165, 1.54) is 0 Å². The van der Waals surface area contributed by atoms with Gasteiger partial charge in [0, 0.05) is 5.56 Å². The topological polar surface area (TPSA) is 49.3 Å². The molecule has 0 radical (unpaired) electrons. The van der Waals surface area contributed by atoms with Crippen molar-refractivity contribution in [2.45, 2.75) is 41.0 Å². The van der Waals surface area contributed by atoms with E-state index >= 15 is 0 Å². The number of nitrogens with zero attached hydrogens (tertiary/aromatic N) is 1. The van der Waals surface area contributed by atoms with Crippen LogP contribution in [0.25, 0.3) is 0 Å². The van der Waals surface area contributed by atoms with Gasteiger partial charge in [-0.05, 0) is 75.4 Å². The number of aryl methyl sites for hydroxylation is 2. The molecule has 2 aromatic carbocycles. The molecule has 0 fully saturated rings. The zero-order valence-corrected chi connectivity index (χ0v) is 19.6. The molecule has 0 N–H and O–H groups in total. The molecule has 0 heterocycles. The Labute approximate surface area is 186 Å². The lowest BCUT2D eigenvalue weighted by Gasteiger charge is -2.17. The smallest absolute Gasteiger partial charge is 0.125 e. The molecule has 0 aliphatic carbocycles. The minimum absolute atomic E-state index is 0.362. The van der Waals surface area contributed by atoms with Gasteiger partial charge in [0.1, 0.15) is 31.0 Å². The second-order valence-corrected chi connectivity index (χ2v) is 7.71. The van der Waals surface area contributed by atoms with Crippen LogP contribution in [0, 0.1) is 19.8 Å². The van der Waals surface area contributed by atoms with Gasteiger partial charge in [-0.2, -0.15) is 0 Å². The first kappa shape index (κ1) is 24.3. The van der Waals surface area contributed by atoms with Crippen molar-refractivity contribution in [3.8, 4) is 17.2 Å². The Kier molecular flexibility index (Phi) is 9.95. The SMILES string of the molecule is C/C=C/COc1cc(C)c(OCCC(C)COc2cccc(/C(C)=N\OC)c2)c(C)c1. The summed E-state index contributed by atoms with van der Waals surface area (Å²) in [5.74, 6) is 3.00. The number of hydrogen-bond acceptors (Lipinski definition) is 5. The Hall–Kier alpha value is -2.95. The van der Waals surface area contributed by atoms with E-state index in [1.54, 1.807) is 7.11 Å². The summed E-state index contributed by atoms with van der Waals surface area (Å²) in [6, 6.07) is 11.9. The first-order valence-corrected chi connectivity index (χ1v) is 10.7. The van der Waals surface area contributed by atoms with Crippen molar-refractivity contribution in [3.05, 3.63) is 65.2 Å². The van der Waals surface area contributed by atoms with Crippen molar-refractivity contribution >= 4 is 5.71 Å². The summed E-state index contributed by atoms with van der Waals surface area (Å²) < 4.78 is 17.8. The maximum absolute atomic E-state index is 6.09. The van der Waals surface area contributed by atoms with Crippen molar-refractivity contribution in [3.63, 3.8) is 0 Å². The van der Waals surface area contributed by atoms with Gasteiger partial charge in [0.25, 0.3) is 0 Å². The van der Waals surface area contributed by atoms with E-state index in [0.717, 1.165) is 46.1 Å². The first-order chi connectivity index (χ1) is 14.9. The second kappa shape index (κ2) is 12.7. The van der Waals surface area contributed by atoms with E-state index in [2.05, 4.69) is 25.9 Å². The van der Waals surface area contributed by atoms with Crippen molar-refractivity contribution in [1.29, 1.82) is 0 Å². The summed E-state index contributed by atoms with van der Waals surface area (Å²) in [4.78, 5) is 4.85. The molecule has 1 atom stereocenters. The maximum Gasteiger partial charge on any atom is 0.125 e. The largest absolute Gasteiger partial charge is 0.493 e. The molecular formula is C26H35NO4. The van der Waals surface area contributed by atoms with Gasteiger partial charge >= 0.3 is 0 Å². The molecule has 1 unspecified atom stereocenters. The molecule has 168 valence electrons. The fraction of sp³-hybridized carbons (Fsp3) is 0.423. The second-order valence-electron chi connectivity index (χ2n) is 7.71. The van der Waals surface area contributed by atoms with Crippen molar-refractivity contribution in [1.82, 2.24) is 0 Å². The predicted molar refractivity (Wildman–Crippen MR) is 127 cm³/mol. The molecule has 31 heavy (non-hydrogen) atoms. The van der Waals surface area contributed by atoms with Crippen LogP contribution in [0.4, 0.5) is 0 Å². The zero-order valence-electron chi connectivity index (χ0n) is 19.6. The summed E-state index contributed by atoms with van der Waals surface area (Å²) in [5.41, 5.74) is 3.98. The minimum atomic E-state index is 0.362. The molecule has 0 aliphatic heterocycles. The van der Waals surface area contributed by atoms with Gasteiger partial charge in [0.15, 0.2) is 0 Å². The van der Waals surface area contributed by atoms with Crippen molar-refractivity contribution in [2.75, 3.05) is 26.9 Å². The van der Waals surface area contributed by atoms with Gasteiger partial charge in [-0.1, -0.05) is 36.4 Å².